The van der Waals surface area contributed by atoms with Crippen molar-refractivity contribution in [1.82, 2.24) is 10.2 Å². The summed E-state index contributed by atoms with van der Waals surface area (Å²) in [5, 5.41) is 8.09. The zero-order valence-corrected chi connectivity index (χ0v) is 16.9. The second-order valence-corrected chi connectivity index (χ2v) is 7.18. The Kier molecular flexibility index (Phi) is 5.70. The molecular weight excluding hydrogens is 376 g/mol. The van der Waals surface area contributed by atoms with Crippen molar-refractivity contribution in [2.75, 3.05) is 0 Å². The van der Waals surface area contributed by atoms with Crippen LogP contribution in [-0.2, 0) is 16.0 Å². The SMILES string of the molecule is Cc1ccc(-c2nnc(C(C)OC(=O)Cc3ccc(-c4ccccc4)cc3)o2)cc1. The number of benzene rings is 3. The number of aromatic nitrogens is 2. The maximum absolute atomic E-state index is 12.4. The minimum absolute atomic E-state index is 0.179. The predicted octanol–water partition coefficient (Wildman–Crippen LogP) is 5.56. The van der Waals surface area contributed by atoms with Crippen LogP contribution in [0, 0.1) is 6.92 Å². The topological polar surface area (TPSA) is 65.2 Å². The number of ether oxygens (including phenoxy) is 1. The quantitative estimate of drug-likeness (QED) is 0.398. The Labute approximate surface area is 175 Å². The van der Waals surface area contributed by atoms with Gasteiger partial charge in [-0.05, 0) is 42.7 Å². The van der Waals surface area contributed by atoms with Gasteiger partial charge in [0.05, 0.1) is 6.42 Å². The third-order valence-corrected chi connectivity index (χ3v) is 4.80. The summed E-state index contributed by atoms with van der Waals surface area (Å²) in [4.78, 5) is 12.4. The van der Waals surface area contributed by atoms with E-state index in [0.717, 1.165) is 27.8 Å². The van der Waals surface area contributed by atoms with E-state index in [1.807, 2.05) is 73.7 Å². The first-order valence-electron chi connectivity index (χ1n) is 9.83. The van der Waals surface area contributed by atoms with E-state index in [1.54, 1.807) is 6.92 Å². The minimum atomic E-state index is -0.618. The highest BCUT2D eigenvalue weighted by Gasteiger charge is 2.19. The fraction of sp³-hybridized carbons (Fsp3) is 0.160. The van der Waals surface area contributed by atoms with Crippen LogP contribution in [0.15, 0.2) is 83.3 Å². The monoisotopic (exact) mass is 398 g/mol. The molecular formula is C25H22N2O3. The van der Waals surface area contributed by atoms with Gasteiger partial charge in [0.15, 0.2) is 6.10 Å². The minimum Gasteiger partial charge on any atom is -0.452 e. The molecule has 0 amide bonds. The van der Waals surface area contributed by atoms with Crippen molar-refractivity contribution in [2.24, 2.45) is 0 Å². The molecule has 0 radical (unpaired) electrons. The summed E-state index contributed by atoms with van der Waals surface area (Å²) in [5.74, 6) is 0.341. The van der Waals surface area contributed by atoms with Crippen LogP contribution in [0.3, 0.4) is 0 Å². The first-order chi connectivity index (χ1) is 14.6. The normalized spacial score (nSPS) is 11.8. The molecule has 0 aliphatic heterocycles. The van der Waals surface area contributed by atoms with Crippen LogP contribution < -0.4 is 0 Å². The largest absolute Gasteiger partial charge is 0.452 e. The zero-order chi connectivity index (χ0) is 20.9. The van der Waals surface area contributed by atoms with E-state index in [-0.39, 0.29) is 18.3 Å². The smallest absolute Gasteiger partial charge is 0.311 e. The van der Waals surface area contributed by atoms with Crippen molar-refractivity contribution in [3.05, 3.63) is 95.9 Å². The van der Waals surface area contributed by atoms with Gasteiger partial charge in [0.2, 0.25) is 5.89 Å². The molecule has 0 fully saturated rings. The van der Waals surface area contributed by atoms with E-state index < -0.39 is 6.10 Å². The molecule has 1 unspecified atom stereocenters. The summed E-state index contributed by atoms with van der Waals surface area (Å²) in [7, 11) is 0. The highest BCUT2D eigenvalue weighted by atomic mass is 16.6. The van der Waals surface area contributed by atoms with Crippen molar-refractivity contribution in [2.45, 2.75) is 26.4 Å². The van der Waals surface area contributed by atoms with Gasteiger partial charge in [-0.25, -0.2) is 0 Å². The number of carbonyl (C=O) groups excluding carboxylic acids is 1. The molecule has 1 atom stereocenters. The second kappa shape index (κ2) is 8.74. The Morgan fingerprint density at radius 1 is 0.867 bits per heavy atom. The number of nitrogens with zero attached hydrogens (tertiary/aromatic N) is 2. The average Bonchev–Trinajstić information content (AvgIpc) is 3.26. The van der Waals surface area contributed by atoms with E-state index >= 15 is 0 Å². The van der Waals surface area contributed by atoms with Gasteiger partial charge in [-0.15, -0.1) is 10.2 Å². The summed E-state index contributed by atoms with van der Waals surface area (Å²) in [6, 6.07) is 25.8. The third-order valence-electron chi connectivity index (χ3n) is 4.80. The number of hydrogen-bond acceptors (Lipinski definition) is 5. The van der Waals surface area contributed by atoms with Crippen LogP contribution in [0.1, 0.15) is 30.0 Å². The lowest BCUT2D eigenvalue weighted by atomic mass is 10.0. The van der Waals surface area contributed by atoms with E-state index in [2.05, 4.69) is 22.3 Å². The van der Waals surface area contributed by atoms with E-state index in [0.29, 0.717) is 5.89 Å². The molecule has 0 N–H and O–H groups in total. The van der Waals surface area contributed by atoms with Gasteiger partial charge < -0.3 is 9.15 Å². The molecule has 0 aliphatic rings. The van der Waals surface area contributed by atoms with Crippen LogP contribution in [0.2, 0.25) is 0 Å². The molecule has 5 nitrogen and oxygen atoms in total. The number of rotatable bonds is 6. The maximum Gasteiger partial charge on any atom is 0.311 e. The lowest BCUT2D eigenvalue weighted by Crippen LogP contribution is -2.11. The van der Waals surface area contributed by atoms with E-state index in [9.17, 15) is 4.79 Å². The average molecular weight is 398 g/mol. The van der Waals surface area contributed by atoms with Crippen molar-refractivity contribution < 1.29 is 13.9 Å². The molecule has 150 valence electrons. The van der Waals surface area contributed by atoms with Crippen molar-refractivity contribution >= 4 is 5.97 Å². The van der Waals surface area contributed by atoms with E-state index in [4.69, 9.17) is 9.15 Å². The standard InChI is InChI=1S/C25H22N2O3/c1-17-8-12-22(13-9-17)25-27-26-24(30-25)18(2)29-23(28)16-19-10-14-21(15-11-19)20-6-4-3-5-7-20/h3-15,18H,16H2,1-2H3. The highest BCUT2D eigenvalue weighted by molar-refractivity contribution is 5.73. The molecule has 5 heteroatoms. The Morgan fingerprint density at radius 2 is 1.50 bits per heavy atom. The van der Waals surface area contributed by atoms with Crippen LogP contribution in [0.25, 0.3) is 22.6 Å². The Bertz CT molecular complexity index is 1120. The maximum atomic E-state index is 12.4. The molecule has 4 rings (SSSR count). The molecule has 1 aromatic heterocycles. The Morgan fingerprint density at radius 3 is 2.20 bits per heavy atom. The molecule has 0 bridgehead atoms. The lowest BCUT2D eigenvalue weighted by molar-refractivity contribution is -0.148. The van der Waals surface area contributed by atoms with Crippen LogP contribution in [-0.4, -0.2) is 16.2 Å². The highest BCUT2D eigenvalue weighted by Crippen LogP contribution is 2.23. The number of hydrogen-bond donors (Lipinski definition) is 0. The van der Waals surface area contributed by atoms with Crippen LogP contribution in [0.4, 0.5) is 0 Å². The number of carbonyl (C=O) groups is 1. The van der Waals surface area contributed by atoms with Gasteiger partial charge in [-0.3, -0.25) is 4.79 Å². The van der Waals surface area contributed by atoms with Gasteiger partial charge in [0.1, 0.15) is 0 Å². The Hall–Kier alpha value is -3.73. The van der Waals surface area contributed by atoms with E-state index in [1.165, 1.54) is 0 Å². The molecule has 0 saturated carbocycles. The summed E-state index contributed by atoms with van der Waals surface area (Å²) in [6.45, 7) is 3.74. The molecule has 0 spiro atoms. The predicted molar refractivity (Wildman–Crippen MR) is 115 cm³/mol. The fourth-order valence-electron chi connectivity index (χ4n) is 3.11. The molecule has 4 aromatic rings. The summed E-state index contributed by atoms with van der Waals surface area (Å²) in [5.41, 5.74) is 5.11. The summed E-state index contributed by atoms with van der Waals surface area (Å²) in [6.07, 6.45) is -0.439. The second-order valence-electron chi connectivity index (χ2n) is 7.18. The van der Waals surface area contributed by atoms with Crippen molar-refractivity contribution in [3.8, 4) is 22.6 Å². The fourth-order valence-corrected chi connectivity index (χ4v) is 3.11. The lowest BCUT2D eigenvalue weighted by Gasteiger charge is -2.10. The summed E-state index contributed by atoms with van der Waals surface area (Å²) < 4.78 is 11.2. The molecule has 0 saturated heterocycles. The Balaban J connectivity index is 1.36. The summed E-state index contributed by atoms with van der Waals surface area (Å²) >= 11 is 0. The number of esters is 1. The van der Waals surface area contributed by atoms with Gasteiger partial charge in [0, 0.05) is 5.56 Å². The first kappa shape index (κ1) is 19.6. The third kappa shape index (κ3) is 4.63. The molecule has 3 aromatic carbocycles. The van der Waals surface area contributed by atoms with Gasteiger partial charge in [-0.2, -0.15) is 0 Å². The van der Waals surface area contributed by atoms with Gasteiger partial charge >= 0.3 is 5.97 Å². The van der Waals surface area contributed by atoms with Gasteiger partial charge in [0.25, 0.3) is 5.89 Å². The van der Waals surface area contributed by atoms with Crippen LogP contribution in [0.5, 0.6) is 0 Å². The molecule has 1 heterocycles. The van der Waals surface area contributed by atoms with Crippen molar-refractivity contribution in [3.63, 3.8) is 0 Å². The first-order valence-corrected chi connectivity index (χ1v) is 9.83. The zero-order valence-electron chi connectivity index (χ0n) is 16.9. The number of aryl methyl sites for hydroxylation is 1. The van der Waals surface area contributed by atoms with Crippen LogP contribution >= 0.6 is 0 Å². The van der Waals surface area contributed by atoms with Gasteiger partial charge in [-0.1, -0.05) is 72.3 Å². The molecule has 30 heavy (non-hydrogen) atoms. The molecule has 0 aliphatic carbocycles. The van der Waals surface area contributed by atoms with Crippen molar-refractivity contribution in [1.29, 1.82) is 0 Å².